The Morgan fingerprint density at radius 1 is 1.36 bits per heavy atom. The summed E-state index contributed by atoms with van der Waals surface area (Å²) in [6.07, 6.45) is -3.02. The molecule has 1 unspecified atom stereocenters. The molecule has 0 aromatic carbocycles. The van der Waals surface area contributed by atoms with Gasteiger partial charge in [0.2, 0.25) is 5.88 Å². The minimum absolute atomic E-state index is 0.0545. The monoisotopic (exact) mass is 403 g/mol. The van der Waals surface area contributed by atoms with Crippen LogP contribution in [0.25, 0.3) is 0 Å². The Hall–Kier alpha value is -2.07. The molecule has 1 atom stereocenters. The van der Waals surface area contributed by atoms with E-state index in [1.54, 1.807) is 12.1 Å². The molecule has 1 fully saturated rings. The number of guanidine groups is 1. The van der Waals surface area contributed by atoms with Crippen molar-refractivity contribution in [3.8, 4) is 5.88 Å². The fourth-order valence-corrected chi connectivity index (χ4v) is 2.72. The molecule has 10 heteroatoms. The molecule has 0 bridgehead atoms. The van der Waals surface area contributed by atoms with Gasteiger partial charge in [-0.3, -0.25) is 4.90 Å². The number of ether oxygens (including phenoxy) is 2. The largest absolute Gasteiger partial charge is 0.468 e. The Kier molecular flexibility index (Phi) is 8.78. The zero-order valence-electron chi connectivity index (χ0n) is 16.3. The first-order valence-electron chi connectivity index (χ1n) is 9.36. The third-order valence-corrected chi connectivity index (χ3v) is 4.21. The number of pyridine rings is 1. The average molecular weight is 403 g/mol. The molecule has 0 saturated carbocycles. The molecule has 1 aliphatic heterocycles. The zero-order valence-corrected chi connectivity index (χ0v) is 16.3. The van der Waals surface area contributed by atoms with Crippen LogP contribution in [0.2, 0.25) is 0 Å². The van der Waals surface area contributed by atoms with Gasteiger partial charge in [-0.05, 0) is 19.9 Å². The number of rotatable bonds is 8. The summed E-state index contributed by atoms with van der Waals surface area (Å²) in [5.41, 5.74) is 0.491. The summed E-state index contributed by atoms with van der Waals surface area (Å²) < 4.78 is 47.4. The zero-order chi connectivity index (χ0) is 20.4. The molecular formula is C18H28F3N5O2. The summed E-state index contributed by atoms with van der Waals surface area (Å²) in [6.45, 7) is 7.48. The van der Waals surface area contributed by atoms with Gasteiger partial charge in [0.25, 0.3) is 0 Å². The van der Waals surface area contributed by atoms with Crippen molar-refractivity contribution in [1.82, 2.24) is 20.5 Å². The van der Waals surface area contributed by atoms with E-state index in [0.29, 0.717) is 30.7 Å². The first-order valence-corrected chi connectivity index (χ1v) is 9.36. The number of nitrogens with one attached hydrogen (secondary N) is 2. The number of hydrogen-bond donors (Lipinski definition) is 2. The van der Waals surface area contributed by atoms with Crippen molar-refractivity contribution in [2.24, 2.45) is 4.99 Å². The molecule has 1 aromatic rings. The van der Waals surface area contributed by atoms with E-state index in [-0.39, 0.29) is 12.4 Å². The van der Waals surface area contributed by atoms with Gasteiger partial charge in [-0.1, -0.05) is 6.07 Å². The highest BCUT2D eigenvalue weighted by molar-refractivity contribution is 5.79. The van der Waals surface area contributed by atoms with Gasteiger partial charge in [-0.2, -0.15) is 13.2 Å². The number of halogens is 3. The molecule has 158 valence electrons. The molecule has 7 nitrogen and oxygen atoms in total. The fourth-order valence-electron chi connectivity index (χ4n) is 2.72. The van der Waals surface area contributed by atoms with E-state index in [1.165, 1.54) is 6.20 Å². The molecule has 0 aliphatic carbocycles. The molecule has 0 radical (unpaired) electrons. The quantitative estimate of drug-likeness (QED) is 0.510. The van der Waals surface area contributed by atoms with E-state index >= 15 is 0 Å². The normalized spacial score (nSPS) is 17.2. The van der Waals surface area contributed by atoms with Crippen LogP contribution in [0.15, 0.2) is 23.3 Å². The van der Waals surface area contributed by atoms with Gasteiger partial charge in [0, 0.05) is 44.0 Å². The standard InChI is InChI=1S/C18H28F3N5O2/c1-3-22-17(24-11-14(2)26-7-9-27-10-8-26)25-12-15-5-4-6-23-16(15)28-13-18(19,20)21/h4-6,14H,3,7-13H2,1-2H3,(H2,22,24,25). The van der Waals surface area contributed by atoms with Gasteiger partial charge in [0.15, 0.2) is 12.6 Å². The van der Waals surface area contributed by atoms with E-state index < -0.39 is 12.8 Å². The van der Waals surface area contributed by atoms with Gasteiger partial charge < -0.3 is 20.1 Å². The summed E-state index contributed by atoms with van der Waals surface area (Å²) in [5, 5.41) is 6.42. The van der Waals surface area contributed by atoms with Crippen molar-refractivity contribution in [3.63, 3.8) is 0 Å². The van der Waals surface area contributed by atoms with Crippen LogP contribution in [0.4, 0.5) is 13.2 Å². The molecule has 1 saturated heterocycles. The second kappa shape index (κ2) is 11.1. The van der Waals surface area contributed by atoms with E-state index in [4.69, 9.17) is 9.47 Å². The highest BCUT2D eigenvalue weighted by Crippen LogP contribution is 2.20. The maximum Gasteiger partial charge on any atom is 0.422 e. The van der Waals surface area contributed by atoms with Crippen LogP contribution in [-0.2, 0) is 11.3 Å². The second-order valence-corrected chi connectivity index (χ2v) is 6.44. The Morgan fingerprint density at radius 2 is 2.11 bits per heavy atom. The smallest absolute Gasteiger partial charge is 0.422 e. The molecular weight excluding hydrogens is 375 g/mol. The lowest BCUT2D eigenvalue weighted by atomic mass is 10.2. The van der Waals surface area contributed by atoms with Crippen LogP contribution in [0.1, 0.15) is 19.4 Å². The Bertz CT molecular complexity index is 621. The van der Waals surface area contributed by atoms with E-state index in [1.807, 2.05) is 6.92 Å². The minimum Gasteiger partial charge on any atom is -0.468 e. The Balaban J connectivity index is 1.94. The average Bonchev–Trinajstić information content (AvgIpc) is 2.69. The summed E-state index contributed by atoms with van der Waals surface area (Å²) >= 11 is 0. The fraction of sp³-hybridized carbons (Fsp3) is 0.667. The molecule has 2 heterocycles. The Morgan fingerprint density at radius 3 is 2.79 bits per heavy atom. The second-order valence-electron chi connectivity index (χ2n) is 6.44. The minimum atomic E-state index is -4.41. The number of nitrogens with zero attached hydrogens (tertiary/aromatic N) is 3. The predicted octanol–water partition coefficient (Wildman–Crippen LogP) is 1.80. The summed E-state index contributed by atoms with van der Waals surface area (Å²) in [5.74, 6) is 0.536. The lowest BCUT2D eigenvalue weighted by molar-refractivity contribution is -0.154. The van der Waals surface area contributed by atoms with Crippen molar-refractivity contribution in [2.45, 2.75) is 32.6 Å². The summed E-state index contributed by atoms with van der Waals surface area (Å²) in [7, 11) is 0. The number of alkyl halides is 3. The van der Waals surface area contributed by atoms with Crippen molar-refractivity contribution >= 4 is 5.96 Å². The van der Waals surface area contributed by atoms with Crippen LogP contribution in [0, 0.1) is 0 Å². The molecule has 1 aliphatic rings. The van der Waals surface area contributed by atoms with Gasteiger partial charge in [0.05, 0.1) is 19.8 Å². The number of morpholine rings is 1. The van der Waals surface area contributed by atoms with Crippen LogP contribution >= 0.6 is 0 Å². The third-order valence-electron chi connectivity index (χ3n) is 4.21. The highest BCUT2D eigenvalue weighted by Gasteiger charge is 2.29. The topological polar surface area (TPSA) is 71.0 Å². The lowest BCUT2D eigenvalue weighted by Gasteiger charge is -2.32. The van der Waals surface area contributed by atoms with Crippen LogP contribution in [0.3, 0.4) is 0 Å². The first kappa shape index (κ1) is 22.2. The number of hydrogen-bond acceptors (Lipinski definition) is 5. The number of aliphatic imine (C=N–C) groups is 1. The van der Waals surface area contributed by atoms with Gasteiger partial charge in [0.1, 0.15) is 0 Å². The molecule has 2 rings (SSSR count). The van der Waals surface area contributed by atoms with Crippen LogP contribution < -0.4 is 15.4 Å². The maximum absolute atomic E-state index is 12.4. The van der Waals surface area contributed by atoms with Crippen molar-refractivity contribution in [1.29, 1.82) is 0 Å². The first-order chi connectivity index (χ1) is 13.4. The van der Waals surface area contributed by atoms with E-state index in [9.17, 15) is 13.2 Å². The SMILES string of the molecule is CCNC(=NCc1cccnc1OCC(F)(F)F)NCC(C)N1CCOCC1. The van der Waals surface area contributed by atoms with Crippen LogP contribution in [0.5, 0.6) is 5.88 Å². The van der Waals surface area contributed by atoms with E-state index in [2.05, 4.69) is 32.4 Å². The third kappa shape index (κ3) is 7.89. The van der Waals surface area contributed by atoms with Crippen molar-refractivity contribution in [3.05, 3.63) is 23.9 Å². The van der Waals surface area contributed by atoms with Gasteiger partial charge in [-0.25, -0.2) is 9.98 Å². The molecule has 28 heavy (non-hydrogen) atoms. The molecule has 1 aromatic heterocycles. The van der Waals surface area contributed by atoms with Crippen LogP contribution in [-0.4, -0.2) is 74.1 Å². The van der Waals surface area contributed by atoms with Crippen molar-refractivity contribution < 1.29 is 22.6 Å². The van der Waals surface area contributed by atoms with Gasteiger partial charge >= 0.3 is 6.18 Å². The number of aromatic nitrogens is 1. The summed E-state index contributed by atoms with van der Waals surface area (Å²) in [6, 6.07) is 3.60. The maximum atomic E-state index is 12.4. The van der Waals surface area contributed by atoms with Crippen molar-refractivity contribution in [2.75, 3.05) is 46.0 Å². The predicted molar refractivity (Wildman–Crippen MR) is 100 cm³/mol. The molecule has 0 spiro atoms. The van der Waals surface area contributed by atoms with Gasteiger partial charge in [-0.15, -0.1) is 0 Å². The summed E-state index contributed by atoms with van der Waals surface area (Å²) in [4.78, 5) is 10.7. The lowest BCUT2D eigenvalue weighted by Crippen LogP contribution is -2.49. The molecule has 2 N–H and O–H groups in total. The van der Waals surface area contributed by atoms with E-state index in [0.717, 1.165) is 26.3 Å². The Labute approximate surface area is 163 Å². The highest BCUT2D eigenvalue weighted by atomic mass is 19.4. The molecule has 0 amide bonds.